The van der Waals surface area contributed by atoms with Crippen LogP contribution in [0.25, 0.3) is 0 Å². The summed E-state index contributed by atoms with van der Waals surface area (Å²) in [5, 5.41) is 12.1. The molecule has 1 aromatic rings. The highest BCUT2D eigenvalue weighted by Crippen LogP contribution is 2.32. The molecule has 0 fully saturated rings. The predicted molar refractivity (Wildman–Crippen MR) is 90.2 cm³/mol. The lowest BCUT2D eigenvalue weighted by molar-refractivity contribution is -0.117. The molecule has 1 aromatic carbocycles. The van der Waals surface area contributed by atoms with E-state index in [2.05, 4.69) is 5.32 Å². The maximum atomic E-state index is 12.3. The van der Waals surface area contributed by atoms with Crippen LogP contribution in [0, 0.1) is 11.3 Å². The Labute approximate surface area is 142 Å². The van der Waals surface area contributed by atoms with Gasteiger partial charge in [0.25, 0.3) is 5.91 Å². The van der Waals surface area contributed by atoms with Gasteiger partial charge in [-0.2, -0.15) is 5.26 Å². The standard InChI is InChI=1S/C18H23N3O3/c1-5-21(18(2,3)4)11-14(9-19)17(22)20-10-13-6-7-15-16(8-13)24-12-23-15/h6-8,11H,5,10,12H2,1-4H3,(H,20,22)/b14-11-. The Morgan fingerprint density at radius 1 is 1.38 bits per heavy atom. The van der Waals surface area contributed by atoms with Crippen molar-refractivity contribution in [2.45, 2.75) is 39.8 Å². The van der Waals surface area contributed by atoms with Crippen molar-refractivity contribution in [3.05, 3.63) is 35.5 Å². The lowest BCUT2D eigenvalue weighted by Crippen LogP contribution is -2.38. The number of rotatable bonds is 5. The number of carbonyl (C=O) groups excluding carboxylic acids is 1. The fourth-order valence-corrected chi connectivity index (χ4v) is 2.38. The van der Waals surface area contributed by atoms with Crippen LogP contribution in [-0.2, 0) is 11.3 Å². The van der Waals surface area contributed by atoms with E-state index in [1.54, 1.807) is 6.20 Å². The molecule has 1 heterocycles. The minimum Gasteiger partial charge on any atom is -0.454 e. The molecule has 24 heavy (non-hydrogen) atoms. The molecule has 1 aliphatic heterocycles. The second kappa shape index (κ2) is 7.26. The monoisotopic (exact) mass is 329 g/mol. The second-order valence-electron chi connectivity index (χ2n) is 6.48. The first-order chi connectivity index (χ1) is 11.3. The van der Waals surface area contributed by atoms with Crippen LogP contribution in [0.1, 0.15) is 33.3 Å². The zero-order chi connectivity index (χ0) is 17.7. The molecule has 0 radical (unpaired) electrons. The Morgan fingerprint density at radius 2 is 2.08 bits per heavy atom. The summed E-state index contributed by atoms with van der Waals surface area (Å²) in [5.74, 6) is 0.979. The lowest BCUT2D eigenvalue weighted by Gasteiger charge is -2.33. The fourth-order valence-electron chi connectivity index (χ4n) is 2.38. The predicted octanol–water partition coefficient (Wildman–Crippen LogP) is 2.56. The molecule has 0 saturated carbocycles. The molecule has 0 aliphatic carbocycles. The van der Waals surface area contributed by atoms with Gasteiger partial charge in [-0.3, -0.25) is 4.79 Å². The minimum absolute atomic E-state index is 0.0903. The third-order valence-electron chi connectivity index (χ3n) is 3.74. The number of carbonyl (C=O) groups is 1. The third-order valence-corrected chi connectivity index (χ3v) is 3.74. The Bertz CT molecular complexity index is 684. The summed E-state index contributed by atoms with van der Waals surface area (Å²) >= 11 is 0. The molecule has 0 atom stereocenters. The minimum atomic E-state index is -0.391. The second-order valence-corrected chi connectivity index (χ2v) is 6.48. The normalized spacial score (nSPS) is 13.4. The van der Waals surface area contributed by atoms with Gasteiger partial charge < -0.3 is 19.7 Å². The van der Waals surface area contributed by atoms with Gasteiger partial charge in [-0.1, -0.05) is 6.07 Å². The zero-order valence-corrected chi connectivity index (χ0v) is 14.5. The quantitative estimate of drug-likeness (QED) is 0.664. The summed E-state index contributed by atoms with van der Waals surface area (Å²) in [4.78, 5) is 14.2. The average Bonchev–Trinajstić information content (AvgIpc) is 3.00. The van der Waals surface area contributed by atoms with Gasteiger partial charge in [0.15, 0.2) is 11.5 Å². The first-order valence-corrected chi connectivity index (χ1v) is 7.90. The first kappa shape index (κ1) is 17.7. The molecule has 6 nitrogen and oxygen atoms in total. The van der Waals surface area contributed by atoms with E-state index in [-0.39, 0.29) is 17.9 Å². The number of nitriles is 1. The van der Waals surface area contributed by atoms with E-state index in [0.717, 1.165) is 5.56 Å². The van der Waals surface area contributed by atoms with Gasteiger partial charge in [-0.25, -0.2) is 0 Å². The molecule has 128 valence electrons. The van der Waals surface area contributed by atoms with Crippen molar-refractivity contribution < 1.29 is 14.3 Å². The highest BCUT2D eigenvalue weighted by Gasteiger charge is 2.19. The van der Waals surface area contributed by atoms with Crippen LogP contribution in [0.5, 0.6) is 11.5 Å². The molecule has 6 heteroatoms. The number of ether oxygens (including phenoxy) is 2. The van der Waals surface area contributed by atoms with Crippen LogP contribution >= 0.6 is 0 Å². The average molecular weight is 329 g/mol. The van der Waals surface area contributed by atoms with Crippen molar-refractivity contribution in [1.29, 1.82) is 5.26 Å². The molecule has 0 unspecified atom stereocenters. The number of hydrogen-bond donors (Lipinski definition) is 1. The van der Waals surface area contributed by atoms with Crippen LogP contribution in [0.2, 0.25) is 0 Å². The number of fused-ring (bicyclic) bond motifs is 1. The summed E-state index contributed by atoms with van der Waals surface area (Å²) in [7, 11) is 0. The van der Waals surface area contributed by atoms with E-state index in [9.17, 15) is 10.1 Å². The SMILES string of the molecule is CCN(/C=C(/C#N)C(=O)NCc1ccc2c(c1)OCO2)C(C)(C)C. The van der Waals surface area contributed by atoms with E-state index in [4.69, 9.17) is 9.47 Å². The summed E-state index contributed by atoms with van der Waals surface area (Å²) in [6.45, 7) is 9.33. The zero-order valence-electron chi connectivity index (χ0n) is 14.5. The smallest absolute Gasteiger partial charge is 0.263 e. The van der Waals surface area contributed by atoms with Crippen LogP contribution in [-0.4, -0.2) is 29.7 Å². The maximum absolute atomic E-state index is 12.3. The van der Waals surface area contributed by atoms with Crippen molar-refractivity contribution in [1.82, 2.24) is 10.2 Å². The molecule has 0 spiro atoms. The Morgan fingerprint density at radius 3 is 2.71 bits per heavy atom. The van der Waals surface area contributed by atoms with Crippen molar-refractivity contribution in [2.75, 3.05) is 13.3 Å². The molecular weight excluding hydrogens is 306 g/mol. The highest BCUT2D eigenvalue weighted by atomic mass is 16.7. The van der Waals surface area contributed by atoms with Crippen LogP contribution in [0.4, 0.5) is 0 Å². The van der Waals surface area contributed by atoms with Crippen LogP contribution in [0.3, 0.4) is 0 Å². The Kier molecular flexibility index (Phi) is 5.35. The van der Waals surface area contributed by atoms with Gasteiger partial charge in [0.2, 0.25) is 6.79 Å². The summed E-state index contributed by atoms with van der Waals surface area (Å²) in [5.41, 5.74) is 0.814. The molecule has 1 aliphatic rings. The van der Waals surface area contributed by atoms with Gasteiger partial charge in [0.05, 0.1) is 0 Å². The van der Waals surface area contributed by atoms with Crippen molar-refractivity contribution in [3.63, 3.8) is 0 Å². The van der Waals surface area contributed by atoms with Gasteiger partial charge in [-0.15, -0.1) is 0 Å². The largest absolute Gasteiger partial charge is 0.454 e. The van der Waals surface area contributed by atoms with Crippen molar-refractivity contribution >= 4 is 5.91 Å². The number of hydrogen-bond acceptors (Lipinski definition) is 5. The van der Waals surface area contributed by atoms with Crippen LogP contribution < -0.4 is 14.8 Å². The Balaban J connectivity index is 2.03. The van der Waals surface area contributed by atoms with Crippen molar-refractivity contribution in [3.8, 4) is 17.6 Å². The lowest BCUT2D eigenvalue weighted by atomic mass is 10.1. The summed E-state index contributed by atoms with van der Waals surface area (Å²) < 4.78 is 10.6. The number of benzene rings is 1. The molecule has 0 bridgehead atoms. The summed E-state index contributed by atoms with van der Waals surface area (Å²) in [6.07, 6.45) is 1.62. The van der Waals surface area contributed by atoms with Gasteiger partial charge >= 0.3 is 0 Å². The molecule has 2 rings (SSSR count). The van der Waals surface area contributed by atoms with Gasteiger partial charge in [0.1, 0.15) is 11.6 Å². The van der Waals surface area contributed by atoms with Crippen LogP contribution in [0.15, 0.2) is 30.0 Å². The van der Waals surface area contributed by atoms with E-state index < -0.39 is 5.91 Å². The molecule has 0 saturated heterocycles. The number of nitrogens with zero attached hydrogens (tertiary/aromatic N) is 2. The molecule has 0 aromatic heterocycles. The fraction of sp³-hybridized carbons (Fsp3) is 0.444. The molecular formula is C18H23N3O3. The Hall–Kier alpha value is -2.68. The number of nitrogens with one attached hydrogen (secondary N) is 1. The summed E-state index contributed by atoms with van der Waals surface area (Å²) in [6, 6.07) is 7.47. The van der Waals surface area contributed by atoms with Crippen molar-refractivity contribution in [2.24, 2.45) is 0 Å². The van der Waals surface area contributed by atoms with E-state index in [0.29, 0.717) is 24.6 Å². The van der Waals surface area contributed by atoms with E-state index in [1.165, 1.54) is 0 Å². The van der Waals surface area contributed by atoms with Gasteiger partial charge in [-0.05, 0) is 45.4 Å². The highest BCUT2D eigenvalue weighted by molar-refractivity contribution is 5.97. The molecule has 1 N–H and O–H groups in total. The van der Waals surface area contributed by atoms with E-state index in [1.807, 2.05) is 56.9 Å². The maximum Gasteiger partial charge on any atom is 0.263 e. The molecule has 1 amide bonds. The van der Waals surface area contributed by atoms with Gasteiger partial charge in [0, 0.05) is 24.8 Å². The first-order valence-electron chi connectivity index (χ1n) is 7.90. The van der Waals surface area contributed by atoms with E-state index >= 15 is 0 Å². The third kappa shape index (κ3) is 4.19. The number of amides is 1. The topological polar surface area (TPSA) is 74.6 Å².